The van der Waals surface area contributed by atoms with E-state index in [0.717, 1.165) is 6.32 Å². The first-order chi connectivity index (χ1) is 3.83. The molecule has 8 heavy (non-hydrogen) atoms. The minimum Gasteiger partial charge on any atom is -0.276 e. The van der Waals surface area contributed by atoms with Crippen LogP contribution in [0.4, 0.5) is 0 Å². The maximum Gasteiger partial charge on any atom is 0.107 e. The molecule has 0 saturated carbocycles. The monoisotopic (exact) mass is 108 g/mol. The van der Waals surface area contributed by atoms with Gasteiger partial charge in [-0.2, -0.15) is 5.10 Å². The lowest BCUT2D eigenvalue weighted by Gasteiger charge is -1.81. The number of aromatic nitrogens is 2. The van der Waals surface area contributed by atoms with Gasteiger partial charge in [-0.25, -0.2) is 0 Å². The quantitative estimate of drug-likeness (QED) is 0.445. The number of aryl methyl sites for hydroxylation is 1. The van der Waals surface area contributed by atoms with Gasteiger partial charge in [0.2, 0.25) is 0 Å². The minimum atomic E-state index is 1.08. The Balaban J connectivity index is 2.84. The largest absolute Gasteiger partial charge is 0.276 e. The fourth-order valence-corrected chi connectivity index (χ4v) is 0.654. The molecular weight excluding hydrogens is 98.9 g/mol. The first kappa shape index (κ1) is 5.41. The lowest BCUT2D eigenvalue weighted by Crippen LogP contribution is -1.84. The van der Waals surface area contributed by atoms with Crippen LogP contribution in [0.3, 0.4) is 0 Å². The molecule has 0 aliphatic heterocycles. The molecule has 0 fully saturated rings. The molecule has 0 saturated heterocycles. The zero-order valence-electron chi connectivity index (χ0n) is 5.26. The molecule has 0 bridgehead atoms. The van der Waals surface area contributed by atoms with Gasteiger partial charge in [0.15, 0.2) is 0 Å². The molecule has 1 heterocycles. The Kier molecular flexibility index (Phi) is 1.37. The van der Waals surface area contributed by atoms with Gasteiger partial charge < -0.3 is 0 Å². The van der Waals surface area contributed by atoms with Crippen molar-refractivity contribution >= 4 is 7.85 Å². The van der Waals surface area contributed by atoms with Crippen molar-refractivity contribution < 1.29 is 0 Å². The predicted octanol–water partition coefficient (Wildman–Crippen LogP) is -0.447. The van der Waals surface area contributed by atoms with Crippen LogP contribution in [0.5, 0.6) is 0 Å². The van der Waals surface area contributed by atoms with Gasteiger partial charge in [-0.1, -0.05) is 6.32 Å². The van der Waals surface area contributed by atoms with Crippen LogP contribution >= 0.6 is 0 Å². The zero-order valence-corrected chi connectivity index (χ0v) is 5.26. The van der Waals surface area contributed by atoms with Gasteiger partial charge in [0, 0.05) is 13.2 Å². The van der Waals surface area contributed by atoms with Gasteiger partial charge >= 0.3 is 0 Å². The highest BCUT2D eigenvalue weighted by Gasteiger charge is 1.87. The third kappa shape index (κ3) is 0.913. The van der Waals surface area contributed by atoms with Crippen molar-refractivity contribution in [2.24, 2.45) is 7.05 Å². The van der Waals surface area contributed by atoms with E-state index >= 15 is 0 Å². The van der Waals surface area contributed by atoms with Gasteiger partial charge in [-0.05, 0) is 5.56 Å². The summed E-state index contributed by atoms with van der Waals surface area (Å²) in [6, 6.07) is 0. The van der Waals surface area contributed by atoms with Crippen molar-refractivity contribution in [1.82, 2.24) is 9.78 Å². The second kappa shape index (κ2) is 2.03. The summed E-state index contributed by atoms with van der Waals surface area (Å²) in [6.45, 7) is 0. The van der Waals surface area contributed by atoms with Crippen LogP contribution in [0.2, 0.25) is 0 Å². The average Bonchev–Trinajstić information content (AvgIpc) is 2.14. The Bertz CT molecular complexity index is 171. The highest BCUT2D eigenvalue weighted by Crippen LogP contribution is 1.92. The van der Waals surface area contributed by atoms with E-state index in [9.17, 15) is 0 Å². The van der Waals surface area contributed by atoms with Crippen LogP contribution in [-0.4, -0.2) is 17.6 Å². The highest BCUT2D eigenvalue weighted by atomic mass is 15.2. The van der Waals surface area contributed by atoms with E-state index in [4.69, 9.17) is 0 Å². The molecule has 0 atom stereocenters. The maximum absolute atomic E-state index is 4.00. The van der Waals surface area contributed by atoms with Crippen LogP contribution in [0.1, 0.15) is 5.56 Å². The number of nitrogens with zero attached hydrogens (tertiary/aromatic N) is 2. The number of hydrogen-bond acceptors (Lipinski definition) is 1. The first-order valence-corrected chi connectivity index (χ1v) is 2.80. The van der Waals surface area contributed by atoms with E-state index < -0.39 is 0 Å². The van der Waals surface area contributed by atoms with Crippen LogP contribution < -0.4 is 0 Å². The minimum absolute atomic E-state index is 1.08. The van der Waals surface area contributed by atoms with E-state index in [1.54, 1.807) is 0 Å². The van der Waals surface area contributed by atoms with Crippen molar-refractivity contribution in [2.75, 3.05) is 0 Å². The average molecular weight is 108 g/mol. The van der Waals surface area contributed by atoms with Gasteiger partial charge in [0.1, 0.15) is 7.85 Å². The molecule has 1 rings (SSSR count). The zero-order chi connectivity index (χ0) is 5.98. The Morgan fingerprint density at radius 2 is 2.62 bits per heavy atom. The van der Waals surface area contributed by atoms with Gasteiger partial charge in [0.25, 0.3) is 0 Å². The van der Waals surface area contributed by atoms with Crippen LogP contribution in [0.15, 0.2) is 12.4 Å². The fraction of sp³-hybridized carbons (Fsp3) is 0.400. The van der Waals surface area contributed by atoms with Crippen molar-refractivity contribution in [3.8, 4) is 0 Å². The van der Waals surface area contributed by atoms with Crippen molar-refractivity contribution in [3.05, 3.63) is 18.0 Å². The fourth-order valence-electron chi connectivity index (χ4n) is 0.654. The van der Waals surface area contributed by atoms with Gasteiger partial charge in [0.05, 0.1) is 6.20 Å². The van der Waals surface area contributed by atoms with E-state index in [-0.39, 0.29) is 0 Å². The lowest BCUT2D eigenvalue weighted by atomic mass is 10.0. The molecule has 0 aromatic carbocycles. The standard InChI is InChI=1S/C5H9BN2/c1-8-4-5(2-6)3-7-8/h3-4H,2,6H2,1H3. The predicted molar refractivity (Wildman–Crippen MR) is 35.5 cm³/mol. The molecule has 0 aliphatic carbocycles. The van der Waals surface area contributed by atoms with Crippen molar-refractivity contribution in [1.29, 1.82) is 0 Å². The first-order valence-electron chi connectivity index (χ1n) is 2.80. The molecule has 0 N–H and O–H groups in total. The van der Waals surface area contributed by atoms with Gasteiger partial charge in [-0.3, -0.25) is 4.68 Å². The second-order valence-corrected chi connectivity index (χ2v) is 1.88. The summed E-state index contributed by atoms with van der Waals surface area (Å²) in [5.74, 6) is 0. The normalized spacial score (nSPS) is 9.62. The molecule has 0 aliphatic rings. The summed E-state index contributed by atoms with van der Waals surface area (Å²) in [5, 5.41) is 4.00. The molecule has 0 spiro atoms. The van der Waals surface area contributed by atoms with Crippen LogP contribution in [-0.2, 0) is 13.4 Å². The molecule has 0 radical (unpaired) electrons. The van der Waals surface area contributed by atoms with Crippen molar-refractivity contribution in [3.63, 3.8) is 0 Å². The Labute approximate surface area is 49.9 Å². The van der Waals surface area contributed by atoms with Gasteiger partial charge in [-0.15, -0.1) is 0 Å². The van der Waals surface area contributed by atoms with E-state index in [1.165, 1.54) is 5.56 Å². The smallest absolute Gasteiger partial charge is 0.107 e. The SMILES string of the molecule is BCc1cnn(C)c1. The second-order valence-electron chi connectivity index (χ2n) is 1.88. The van der Waals surface area contributed by atoms with Crippen LogP contribution in [0, 0.1) is 0 Å². The molecule has 1 aromatic rings. The van der Waals surface area contributed by atoms with E-state index in [2.05, 4.69) is 12.9 Å². The lowest BCUT2D eigenvalue weighted by molar-refractivity contribution is 0.767. The summed E-state index contributed by atoms with van der Waals surface area (Å²) in [5.41, 5.74) is 1.30. The molecule has 0 unspecified atom stereocenters. The Morgan fingerprint density at radius 1 is 1.88 bits per heavy atom. The summed E-state index contributed by atoms with van der Waals surface area (Å²) in [4.78, 5) is 0. The number of hydrogen-bond donors (Lipinski definition) is 0. The van der Waals surface area contributed by atoms with E-state index in [1.807, 2.05) is 24.1 Å². The molecule has 42 valence electrons. The Morgan fingerprint density at radius 3 is 2.88 bits per heavy atom. The maximum atomic E-state index is 4.00. The number of rotatable bonds is 1. The molecule has 1 aromatic heterocycles. The Hall–Kier alpha value is -0.725. The molecule has 3 heteroatoms. The topological polar surface area (TPSA) is 17.8 Å². The third-order valence-electron chi connectivity index (χ3n) is 1.17. The molecule has 0 amide bonds. The van der Waals surface area contributed by atoms with Crippen molar-refractivity contribution in [2.45, 2.75) is 6.32 Å². The van der Waals surface area contributed by atoms with E-state index in [0.29, 0.717) is 0 Å². The molecule has 2 nitrogen and oxygen atoms in total. The summed E-state index contributed by atoms with van der Waals surface area (Å²) in [7, 11) is 4.05. The summed E-state index contributed by atoms with van der Waals surface area (Å²) in [6.07, 6.45) is 4.99. The highest BCUT2D eigenvalue weighted by molar-refractivity contribution is 6.08. The third-order valence-corrected chi connectivity index (χ3v) is 1.17. The van der Waals surface area contributed by atoms with Crippen LogP contribution in [0.25, 0.3) is 0 Å². The summed E-state index contributed by atoms with van der Waals surface area (Å²) >= 11 is 0. The molecular formula is C5H9BN2. The summed E-state index contributed by atoms with van der Waals surface area (Å²) < 4.78 is 1.82.